The smallest absolute Gasteiger partial charge is 0.242 e. The fourth-order valence-corrected chi connectivity index (χ4v) is 4.37. The van der Waals surface area contributed by atoms with E-state index >= 15 is 0 Å². The first-order valence-corrected chi connectivity index (χ1v) is 13.0. The molecule has 0 spiro atoms. The van der Waals surface area contributed by atoms with Gasteiger partial charge < -0.3 is 10.2 Å². The minimum Gasteiger partial charge on any atom is -0.354 e. The van der Waals surface area contributed by atoms with Crippen molar-refractivity contribution in [2.45, 2.75) is 45.7 Å². The Morgan fingerprint density at radius 2 is 1.69 bits per heavy atom. The van der Waals surface area contributed by atoms with Gasteiger partial charge in [0.1, 0.15) is 11.9 Å². The summed E-state index contributed by atoms with van der Waals surface area (Å²) in [6, 6.07) is 7.46. The lowest BCUT2D eigenvalue weighted by Gasteiger charge is -2.29. The van der Waals surface area contributed by atoms with E-state index in [1.807, 2.05) is 6.92 Å². The highest BCUT2D eigenvalue weighted by Gasteiger charge is 2.26. The molecule has 2 aromatic carbocycles. The van der Waals surface area contributed by atoms with E-state index in [9.17, 15) is 31.2 Å². The number of nitrogens with one attached hydrogen (secondary N) is 1. The average Bonchev–Trinajstić information content (AvgIpc) is 2.80. The molecule has 0 radical (unpaired) electrons. The molecule has 7 nitrogen and oxygen atoms in total. The van der Waals surface area contributed by atoms with Crippen LogP contribution in [0, 0.1) is 17.5 Å². The average molecular weight is 514 g/mol. The van der Waals surface area contributed by atoms with Gasteiger partial charge in [-0.3, -0.25) is 13.9 Å². The van der Waals surface area contributed by atoms with Gasteiger partial charge in [-0.25, -0.2) is 21.6 Å². The van der Waals surface area contributed by atoms with Crippen LogP contribution in [-0.2, 0) is 26.2 Å². The summed E-state index contributed by atoms with van der Waals surface area (Å²) in [5.74, 6) is -3.48. The van der Waals surface area contributed by atoms with Gasteiger partial charge >= 0.3 is 0 Å². The van der Waals surface area contributed by atoms with Crippen LogP contribution in [0.25, 0.3) is 0 Å². The number of benzene rings is 2. The van der Waals surface area contributed by atoms with Gasteiger partial charge in [0.2, 0.25) is 21.8 Å². The zero-order valence-corrected chi connectivity index (χ0v) is 20.7. The Bertz CT molecular complexity index is 1130. The third-order valence-electron chi connectivity index (χ3n) is 5.33. The van der Waals surface area contributed by atoms with Crippen LogP contribution in [0.5, 0.6) is 0 Å². The number of carbonyl (C=O) groups is 2. The molecular formula is C24H30F3N3O4S. The fourth-order valence-electron chi connectivity index (χ4n) is 3.41. The van der Waals surface area contributed by atoms with Crippen molar-refractivity contribution >= 4 is 27.5 Å². The summed E-state index contributed by atoms with van der Waals surface area (Å²) < 4.78 is 65.6. The van der Waals surface area contributed by atoms with E-state index in [1.165, 1.54) is 29.2 Å². The van der Waals surface area contributed by atoms with Crippen molar-refractivity contribution in [2.24, 2.45) is 0 Å². The fraction of sp³-hybridized carbons (Fsp3) is 0.417. The summed E-state index contributed by atoms with van der Waals surface area (Å²) in [5, 5.41) is 2.74. The predicted octanol–water partition coefficient (Wildman–Crippen LogP) is 3.59. The van der Waals surface area contributed by atoms with Gasteiger partial charge in [-0.2, -0.15) is 0 Å². The molecule has 1 unspecified atom stereocenters. The van der Waals surface area contributed by atoms with Crippen LogP contribution in [0.4, 0.5) is 18.9 Å². The van der Waals surface area contributed by atoms with E-state index in [-0.39, 0.29) is 37.5 Å². The normalized spacial score (nSPS) is 12.2. The van der Waals surface area contributed by atoms with E-state index in [2.05, 4.69) is 5.32 Å². The topological polar surface area (TPSA) is 86.8 Å². The number of sulfonamides is 1. The highest BCUT2D eigenvalue weighted by atomic mass is 32.2. The van der Waals surface area contributed by atoms with Gasteiger partial charge in [0, 0.05) is 32.1 Å². The molecule has 0 bridgehead atoms. The lowest BCUT2D eigenvalue weighted by Crippen LogP contribution is -2.47. The zero-order chi connectivity index (χ0) is 26.2. The Hall–Kier alpha value is -3.08. The standard InChI is InChI=1S/C24H30F3N3O4S/c1-4-13-28-24(32)17(2)29(16-18-7-9-19(25)10-8-18)23(31)6-5-14-30(35(3,33)34)20-11-12-21(26)22(27)15-20/h7-12,15,17H,4-6,13-14,16H2,1-3H3,(H,28,32). The van der Waals surface area contributed by atoms with Crippen molar-refractivity contribution in [3.05, 3.63) is 65.5 Å². The van der Waals surface area contributed by atoms with Crippen LogP contribution in [0.3, 0.4) is 0 Å². The van der Waals surface area contributed by atoms with Gasteiger partial charge in [0.05, 0.1) is 11.9 Å². The molecule has 0 fully saturated rings. The first-order valence-electron chi connectivity index (χ1n) is 11.2. The molecule has 2 aromatic rings. The molecule has 0 aliphatic rings. The lowest BCUT2D eigenvalue weighted by atomic mass is 10.1. The molecule has 0 heterocycles. The second-order valence-electron chi connectivity index (χ2n) is 8.15. The monoisotopic (exact) mass is 513 g/mol. The molecular weight excluding hydrogens is 483 g/mol. The summed E-state index contributed by atoms with van der Waals surface area (Å²) in [7, 11) is -3.84. The summed E-state index contributed by atoms with van der Waals surface area (Å²) in [5.41, 5.74) is 0.559. The number of carbonyl (C=O) groups excluding carboxylic acids is 2. The van der Waals surface area contributed by atoms with Crippen LogP contribution < -0.4 is 9.62 Å². The van der Waals surface area contributed by atoms with Crippen LogP contribution in [0.15, 0.2) is 42.5 Å². The van der Waals surface area contributed by atoms with Crippen molar-refractivity contribution in [1.82, 2.24) is 10.2 Å². The van der Waals surface area contributed by atoms with Gasteiger partial charge in [-0.05, 0) is 49.6 Å². The summed E-state index contributed by atoms with van der Waals surface area (Å²) >= 11 is 0. The highest BCUT2D eigenvalue weighted by Crippen LogP contribution is 2.21. The van der Waals surface area contributed by atoms with E-state index in [0.29, 0.717) is 12.1 Å². The number of amides is 2. The molecule has 2 amide bonds. The van der Waals surface area contributed by atoms with Gasteiger partial charge in [0.25, 0.3) is 0 Å². The molecule has 1 atom stereocenters. The van der Waals surface area contributed by atoms with Crippen LogP contribution in [-0.4, -0.2) is 50.5 Å². The first kappa shape index (κ1) is 28.2. The van der Waals surface area contributed by atoms with E-state index in [1.54, 1.807) is 6.92 Å². The van der Waals surface area contributed by atoms with E-state index < -0.39 is 39.4 Å². The molecule has 0 saturated carbocycles. The Kier molecular flexibility index (Phi) is 10.1. The summed E-state index contributed by atoms with van der Waals surface area (Å²) in [6.45, 7) is 3.82. The number of halogens is 3. The van der Waals surface area contributed by atoms with Gasteiger partial charge in [-0.15, -0.1) is 0 Å². The van der Waals surface area contributed by atoms with Crippen molar-refractivity contribution in [3.63, 3.8) is 0 Å². The third-order valence-corrected chi connectivity index (χ3v) is 6.52. The molecule has 0 aliphatic carbocycles. The maximum Gasteiger partial charge on any atom is 0.242 e. The maximum atomic E-state index is 13.7. The summed E-state index contributed by atoms with van der Waals surface area (Å²) in [4.78, 5) is 27.0. The summed E-state index contributed by atoms with van der Waals surface area (Å²) in [6.07, 6.45) is 1.60. The zero-order valence-electron chi connectivity index (χ0n) is 19.9. The highest BCUT2D eigenvalue weighted by molar-refractivity contribution is 7.92. The number of hydrogen-bond acceptors (Lipinski definition) is 4. The Morgan fingerprint density at radius 1 is 1.03 bits per heavy atom. The molecule has 0 aliphatic heterocycles. The molecule has 0 saturated heterocycles. The van der Waals surface area contributed by atoms with Crippen molar-refractivity contribution in [2.75, 3.05) is 23.7 Å². The molecule has 11 heteroatoms. The molecule has 35 heavy (non-hydrogen) atoms. The van der Waals surface area contributed by atoms with Crippen molar-refractivity contribution in [1.29, 1.82) is 0 Å². The molecule has 2 rings (SSSR count). The lowest BCUT2D eigenvalue weighted by molar-refractivity contribution is -0.140. The van der Waals surface area contributed by atoms with Crippen molar-refractivity contribution < 1.29 is 31.2 Å². The SMILES string of the molecule is CCCNC(=O)C(C)N(Cc1ccc(F)cc1)C(=O)CCCN(c1ccc(F)c(F)c1)S(C)(=O)=O. The third kappa shape index (κ3) is 8.27. The molecule has 1 N–H and O–H groups in total. The van der Waals surface area contributed by atoms with Crippen molar-refractivity contribution in [3.8, 4) is 0 Å². The minimum absolute atomic E-state index is 0.0544. The largest absolute Gasteiger partial charge is 0.354 e. The second kappa shape index (κ2) is 12.6. The van der Waals surface area contributed by atoms with Crippen LogP contribution >= 0.6 is 0 Å². The Morgan fingerprint density at radius 3 is 2.26 bits per heavy atom. The minimum atomic E-state index is -3.84. The Balaban J connectivity index is 2.16. The van der Waals surface area contributed by atoms with Gasteiger partial charge in [0.15, 0.2) is 11.6 Å². The molecule has 192 valence electrons. The maximum absolute atomic E-state index is 13.7. The Labute approximate surface area is 204 Å². The molecule has 0 aromatic heterocycles. The first-order chi connectivity index (χ1) is 16.4. The van der Waals surface area contributed by atoms with E-state index in [0.717, 1.165) is 35.2 Å². The van der Waals surface area contributed by atoms with Gasteiger partial charge in [-0.1, -0.05) is 19.1 Å². The van der Waals surface area contributed by atoms with Crippen LogP contribution in [0.2, 0.25) is 0 Å². The second-order valence-corrected chi connectivity index (χ2v) is 10.1. The number of rotatable bonds is 12. The quantitative estimate of drug-likeness (QED) is 0.470. The van der Waals surface area contributed by atoms with E-state index in [4.69, 9.17) is 0 Å². The van der Waals surface area contributed by atoms with Crippen LogP contribution in [0.1, 0.15) is 38.7 Å². The predicted molar refractivity (Wildman–Crippen MR) is 127 cm³/mol. The number of anilines is 1. The number of nitrogens with zero attached hydrogens (tertiary/aromatic N) is 2. The number of hydrogen-bond donors (Lipinski definition) is 1.